The number of unbranched alkanes of at least 4 members (excludes halogenated alkanes) is 10. The highest BCUT2D eigenvalue weighted by molar-refractivity contribution is 7.86. The van der Waals surface area contributed by atoms with Gasteiger partial charge in [0.2, 0.25) is 0 Å². The Morgan fingerprint density at radius 3 is 1.46 bits per heavy atom. The van der Waals surface area contributed by atoms with Crippen LogP contribution in [0.25, 0.3) is 0 Å². The molecular weight excluding hydrogens is 348 g/mol. The molecule has 0 saturated carbocycles. The number of aliphatic hydroxyl groups excluding tert-OH is 1. The Kier molecular flexibility index (Phi) is 16.9. The average Bonchev–Trinajstić information content (AvgIpc) is 2.58. The van der Waals surface area contributed by atoms with Crippen LogP contribution in [0.1, 0.15) is 123 Å². The standard InChI is InChI=1S/C21H44O4S/c1-3-5-7-9-10-11-13-18-21(26(23,24)25)19-15-14-17-20(22)16-12-8-6-4-2/h20-22H,3-19H2,1-2H3,(H,23,24,25). The molecule has 0 aromatic heterocycles. The van der Waals surface area contributed by atoms with Gasteiger partial charge in [-0.2, -0.15) is 8.42 Å². The molecule has 2 unspecified atom stereocenters. The number of rotatable bonds is 19. The SMILES string of the molecule is CCCCCCCCCC(CCCCC(O)CCCCCC)S(=O)(=O)O. The van der Waals surface area contributed by atoms with E-state index < -0.39 is 15.4 Å². The normalized spacial score (nSPS) is 14.5. The summed E-state index contributed by atoms with van der Waals surface area (Å²) in [7, 11) is -3.95. The fourth-order valence-electron chi connectivity index (χ4n) is 3.47. The Bertz CT molecular complexity index is 395. The van der Waals surface area contributed by atoms with Crippen molar-refractivity contribution >= 4 is 10.1 Å². The van der Waals surface area contributed by atoms with Crippen molar-refractivity contribution in [3.05, 3.63) is 0 Å². The van der Waals surface area contributed by atoms with E-state index >= 15 is 0 Å². The summed E-state index contributed by atoms with van der Waals surface area (Å²) in [6.45, 7) is 4.37. The molecule has 2 atom stereocenters. The van der Waals surface area contributed by atoms with Crippen molar-refractivity contribution in [2.45, 2.75) is 134 Å². The Morgan fingerprint density at radius 1 is 0.615 bits per heavy atom. The maximum atomic E-state index is 11.6. The maximum Gasteiger partial charge on any atom is 0.267 e. The summed E-state index contributed by atoms with van der Waals surface area (Å²) in [4.78, 5) is 0. The first kappa shape index (κ1) is 25.9. The summed E-state index contributed by atoms with van der Waals surface area (Å²) in [5.74, 6) is 0. The molecule has 0 aliphatic carbocycles. The van der Waals surface area contributed by atoms with Crippen molar-refractivity contribution in [2.24, 2.45) is 0 Å². The molecule has 0 saturated heterocycles. The molecule has 0 rings (SSSR count). The third kappa shape index (κ3) is 16.1. The van der Waals surface area contributed by atoms with E-state index in [0.29, 0.717) is 12.8 Å². The van der Waals surface area contributed by atoms with Gasteiger partial charge in [0.1, 0.15) is 0 Å². The molecule has 0 spiro atoms. The second-order valence-electron chi connectivity index (χ2n) is 7.83. The first-order chi connectivity index (χ1) is 12.4. The lowest BCUT2D eigenvalue weighted by atomic mass is 10.0. The first-order valence-corrected chi connectivity index (χ1v) is 12.6. The van der Waals surface area contributed by atoms with Crippen LogP contribution in [0.15, 0.2) is 0 Å². The van der Waals surface area contributed by atoms with E-state index in [1.54, 1.807) is 0 Å². The highest BCUT2D eigenvalue weighted by Crippen LogP contribution is 2.19. The van der Waals surface area contributed by atoms with Crippen LogP contribution in [0, 0.1) is 0 Å². The topological polar surface area (TPSA) is 74.6 Å². The van der Waals surface area contributed by atoms with Gasteiger partial charge >= 0.3 is 0 Å². The molecule has 0 heterocycles. The lowest BCUT2D eigenvalue weighted by Gasteiger charge is -2.15. The predicted octanol–water partition coefficient (Wildman–Crippen LogP) is 6.28. The fraction of sp³-hybridized carbons (Fsp3) is 1.00. The van der Waals surface area contributed by atoms with Gasteiger partial charge < -0.3 is 5.11 Å². The minimum absolute atomic E-state index is 0.265. The zero-order chi connectivity index (χ0) is 19.7. The van der Waals surface area contributed by atoms with Crippen molar-refractivity contribution in [1.29, 1.82) is 0 Å². The molecule has 0 amide bonds. The summed E-state index contributed by atoms with van der Waals surface area (Å²) in [5, 5.41) is 9.34. The van der Waals surface area contributed by atoms with Crippen molar-refractivity contribution < 1.29 is 18.1 Å². The summed E-state index contributed by atoms with van der Waals surface area (Å²) in [5.41, 5.74) is 0. The van der Waals surface area contributed by atoms with Crippen LogP contribution in [0.5, 0.6) is 0 Å². The van der Waals surface area contributed by atoms with Crippen LogP contribution in [-0.2, 0) is 10.1 Å². The number of hydrogen-bond donors (Lipinski definition) is 2. The minimum atomic E-state index is -3.95. The van der Waals surface area contributed by atoms with Crippen LogP contribution in [0.2, 0.25) is 0 Å². The molecule has 0 fully saturated rings. The van der Waals surface area contributed by atoms with Crippen LogP contribution in [0.3, 0.4) is 0 Å². The van der Waals surface area contributed by atoms with Gasteiger partial charge in [-0.05, 0) is 25.7 Å². The van der Waals surface area contributed by atoms with Crippen molar-refractivity contribution in [1.82, 2.24) is 0 Å². The van der Waals surface area contributed by atoms with E-state index in [0.717, 1.165) is 51.4 Å². The van der Waals surface area contributed by atoms with Gasteiger partial charge in [0, 0.05) is 0 Å². The highest BCUT2D eigenvalue weighted by Gasteiger charge is 2.22. The van der Waals surface area contributed by atoms with E-state index in [2.05, 4.69) is 13.8 Å². The lowest BCUT2D eigenvalue weighted by Crippen LogP contribution is -2.20. The largest absolute Gasteiger partial charge is 0.393 e. The van der Waals surface area contributed by atoms with Crippen LogP contribution >= 0.6 is 0 Å². The molecule has 4 nitrogen and oxygen atoms in total. The van der Waals surface area contributed by atoms with E-state index in [-0.39, 0.29) is 6.10 Å². The van der Waals surface area contributed by atoms with Crippen molar-refractivity contribution in [2.75, 3.05) is 0 Å². The van der Waals surface area contributed by atoms with E-state index in [9.17, 15) is 18.1 Å². The van der Waals surface area contributed by atoms with Gasteiger partial charge in [0.15, 0.2) is 0 Å². The summed E-state index contributed by atoms with van der Waals surface area (Å²) < 4.78 is 32.6. The molecule has 2 N–H and O–H groups in total. The van der Waals surface area contributed by atoms with Gasteiger partial charge in [0.25, 0.3) is 10.1 Å². The summed E-state index contributed by atoms with van der Waals surface area (Å²) in [6.07, 6.45) is 16.7. The molecule has 0 aliphatic heterocycles. The summed E-state index contributed by atoms with van der Waals surface area (Å²) >= 11 is 0. The molecule has 0 aromatic carbocycles. The predicted molar refractivity (Wildman–Crippen MR) is 111 cm³/mol. The van der Waals surface area contributed by atoms with E-state index in [4.69, 9.17) is 0 Å². The highest BCUT2D eigenvalue weighted by atomic mass is 32.2. The Balaban J connectivity index is 3.84. The quantitative estimate of drug-likeness (QED) is 0.200. The number of hydrogen-bond acceptors (Lipinski definition) is 3. The van der Waals surface area contributed by atoms with E-state index in [1.807, 2.05) is 0 Å². The maximum absolute atomic E-state index is 11.6. The Hall–Kier alpha value is -0.130. The van der Waals surface area contributed by atoms with Gasteiger partial charge in [-0.15, -0.1) is 0 Å². The molecule has 0 aromatic rings. The van der Waals surface area contributed by atoms with Crippen LogP contribution in [0.4, 0.5) is 0 Å². The Labute approximate surface area is 162 Å². The molecule has 0 aliphatic rings. The first-order valence-electron chi connectivity index (χ1n) is 11.1. The molecular formula is C21H44O4S. The smallest absolute Gasteiger partial charge is 0.267 e. The minimum Gasteiger partial charge on any atom is -0.393 e. The molecule has 0 bridgehead atoms. The molecule has 0 radical (unpaired) electrons. The lowest BCUT2D eigenvalue weighted by molar-refractivity contribution is 0.147. The second-order valence-corrected chi connectivity index (χ2v) is 9.53. The Morgan fingerprint density at radius 2 is 0.962 bits per heavy atom. The third-order valence-corrected chi connectivity index (χ3v) is 6.57. The van der Waals surface area contributed by atoms with Gasteiger partial charge in [-0.25, -0.2) is 0 Å². The van der Waals surface area contributed by atoms with Crippen molar-refractivity contribution in [3.63, 3.8) is 0 Å². The van der Waals surface area contributed by atoms with Gasteiger partial charge in [0.05, 0.1) is 11.4 Å². The van der Waals surface area contributed by atoms with Crippen molar-refractivity contribution in [3.8, 4) is 0 Å². The monoisotopic (exact) mass is 392 g/mol. The molecule has 26 heavy (non-hydrogen) atoms. The average molecular weight is 393 g/mol. The van der Waals surface area contributed by atoms with Gasteiger partial charge in [-0.1, -0.05) is 97.3 Å². The molecule has 158 valence electrons. The van der Waals surface area contributed by atoms with Crippen LogP contribution in [-0.4, -0.2) is 29.4 Å². The van der Waals surface area contributed by atoms with Crippen LogP contribution < -0.4 is 0 Å². The van der Waals surface area contributed by atoms with Gasteiger partial charge in [-0.3, -0.25) is 4.55 Å². The molecule has 5 heteroatoms. The van der Waals surface area contributed by atoms with E-state index in [1.165, 1.54) is 44.9 Å². The zero-order valence-electron chi connectivity index (χ0n) is 17.3. The third-order valence-electron chi connectivity index (χ3n) is 5.26. The zero-order valence-corrected chi connectivity index (χ0v) is 18.1. The number of aliphatic hydroxyl groups is 1. The fourth-order valence-corrected chi connectivity index (χ4v) is 4.40. The second kappa shape index (κ2) is 17.0. The summed E-state index contributed by atoms with van der Waals surface area (Å²) in [6, 6.07) is 0.